The molecule has 4 heteroatoms. The van der Waals surface area contributed by atoms with Crippen LogP contribution in [-0.2, 0) is 13.5 Å². The summed E-state index contributed by atoms with van der Waals surface area (Å²) in [6.07, 6.45) is 5.77. The molecule has 0 bridgehead atoms. The first kappa shape index (κ1) is 15.5. The maximum Gasteiger partial charge on any atom is 0.0846 e. The summed E-state index contributed by atoms with van der Waals surface area (Å²) in [4.78, 5) is 0. The van der Waals surface area contributed by atoms with Crippen LogP contribution in [0.5, 0.6) is 0 Å². The number of hydrogen-bond acceptors (Lipinski definition) is 2. The van der Waals surface area contributed by atoms with Crippen LogP contribution in [-0.4, -0.2) is 22.4 Å². The van der Waals surface area contributed by atoms with E-state index in [2.05, 4.69) is 24.3 Å². The zero-order valence-electron chi connectivity index (χ0n) is 12.1. The van der Waals surface area contributed by atoms with E-state index < -0.39 is 0 Å². The molecule has 0 aliphatic carbocycles. The smallest absolute Gasteiger partial charge is 0.0846 e. The fourth-order valence-electron chi connectivity index (χ4n) is 2.27. The van der Waals surface area contributed by atoms with Gasteiger partial charge in [-0.25, -0.2) is 0 Å². The van der Waals surface area contributed by atoms with Gasteiger partial charge in [-0.2, -0.15) is 5.10 Å². The monoisotopic (exact) mass is 271 g/mol. The predicted octanol–water partition coefficient (Wildman–Crippen LogP) is 3.48. The maximum atomic E-state index is 6.25. The van der Waals surface area contributed by atoms with Crippen molar-refractivity contribution in [3.63, 3.8) is 0 Å². The second kappa shape index (κ2) is 7.80. The molecular formula is C14H26ClN3. The lowest BCUT2D eigenvalue weighted by atomic mass is 10.1. The number of nitrogens with one attached hydrogen (secondary N) is 1. The lowest BCUT2D eigenvalue weighted by Crippen LogP contribution is -2.29. The summed E-state index contributed by atoms with van der Waals surface area (Å²) in [6, 6.07) is 0.637. The minimum absolute atomic E-state index is 0.637. The van der Waals surface area contributed by atoms with Crippen LogP contribution in [0.2, 0.25) is 5.02 Å². The number of aromatic nitrogens is 2. The zero-order chi connectivity index (χ0) is 13.5. The Bertz CT molecular complexity index is 360. The highest BCUT2D eigenvalue weighted by atomic mass is 35.5. The van der Waals surface area contributed by atoms with Gasteiger partial charge in [0.25, 0.3) is 0 Å². The highest BCUT2D eigenvalue weighted by Gasteiger charge is 2.11. The highest BCUT2D eigenvalue weighted by molar-refractivity contribution is 6.31. The van der Waals surface area contributed by atoms with Crippen molar-refractivity contribution in [2.24, 2.45) is 7.05 Å². The van der Waals surface area contributed by atoms with Crippen LogP contribution in [0.4, 0.5) is 0 Å². The van der Waals surface area contributed by atoms with Crippen LogP contribution < -0.4 is 5.32 Å². The summed E-state index contributed by atoms with van der Waals surface area (Å²) in [6.45, 7) is 7.53. The van der Waals surface area contributed by atoms with Gasteiger partial charge < -0.3 is 5.32 Å². The average Bonchev–Trinajstić information content (AvgIpc) is 2.59. The van der Waals surface area contributed by atoms with Crippen LogP contribution in [0.25, 0.3) is 0 Å². The maximum absolute atomic E-state index is 6.25. The van der Waals surface area contributed by atoms with Crippen molar-refractivity contribution < 1.29 is 0 Å². The fraction of sp³-hybridized carbons (Fsp3) is 0.786. The van der Waals surface area contributed by atoms with Crippen molar-refractivity contribution >= 4 is 11.6 Å². The highest BCUT2D eigenvalue weighted by Crippen LogP contribution is 2.21. The van der Waals surface area contributed by atoms with Gasteiger partial charge >= 0.3 is 0 Å². The molecular weight excluding hydrogens is 246 g/mol. The van der Waals surface area contributed by atoms with Crippen LogP contribution in [0.15, 0.2) is 0 Å². The van der Waals surface area contributed by atoms with E-state index in [1.54, 1.807) is 0 Å². The number of halogens is 1. The van der Waals surface area contributed by atoms with E-state index in [0.717, 1.165) is 30.1 Å². The first-order valence-corrected chi connectivity index (χ1v) is 7.39. The van der Waals surface area contributed by atoms with E-state index in [9.17, 15) is 0 Å². The summed E-state index contributed by atoms with van der Waals surface area (Å²) in [7, 11) is 1.97. The molecule has 1 rings (SSSR count). The molecule has 0 aromatic carbocycles. The van der Waals surface area contributed by atoms with Crippen molar-refractivity contribution in [2.45, 2.75) is 58.9 Å². The summed E-state index contributed by atoms with van der Waals surface area (Å²) >= 11 is 6.25. The van der Waals surface area contributed by atoms with Crippen molar-refractivity contribution in [1.29, 1.82) is 0 Å². The van der Waals surface area contributed by atoms with Crippen LogP contribution >= 0.6 is 11.6 Å². The molecule has 0 aliphatic rings. The first-order chi connectivity index (χ1) is 8.60. The van der Waals surface area contributed by atoms with E-state index in [0.29, 0.717) is 6.04 Å². The Morgan fingerprint density at radius 1 is 1.39 bits per heavy atom. The number of aryl methyl sites for hydroxylation is 2. The van der Waals surface area contributed by atoms with Gasteiger partial charge in [-0.3, -0.25) is 4.68 Å². The molecule has 0 saturated carbocycles. The van der Waals surface area contributed by atoms with Gasteiger partial charge in [0.2, 0.25) is 0 Å². The average molecular weight is 272 g/mol. The Morgan fingerprint density at radius 2 is 2.11 bits per heavy atom. The van der Waals surface area contributed by atoms with E-state index in [4.69, 9.17) is 11.6 Å². The van der Waals surface area contributed by atoms with E-state index in [1.165, 1.54) is 25.0 Å². The molecule has 0 saturated heterocycles. The molecule has 0 fully saturated rings. The molecule has 0 radical (unpaired) electrons. The third-order valence-corrected chi connectivity index (χ3v) is 3.90. The van der Waals surface area contributed by atoms with Gasteiger partial charge in [0.05, 0.1) is 16.4 Å². The second-order valence-electron chi connectivity index (χ2n) is 4.92. The lowest BCUT2D eigenvalue weighted by molar-refractivity contribution is 0.453. The molecule has 0 aliphatic heterocycles. The lowest BCUT2D eigenvalue weighted by Gasteiger charge is -2.16. The minimum Gasteiger partial charge on any atom is -0.314 e. The van der Waals surface area contributed by atoms with Gasteiger partial charge in [-0.05, 0) is 45.6 Å². The Kier molecular flexibility index (Phi) is 6.72. The van der Waals surface area contributed by atoms with Gasteiger partial charge in [-0.15, -0.1) is 0 Å². The fourth-order valence-corrected chi connectivity index (χ4v) is 2.52. The zero-order valence-corrected chi connectivity index (χ0v) is 12.8. The minimum atomic E-state index is 0.637. The summed E-state index contributed by atoms with van der Waals surface area (Å²) in [5.74, 6) is 0. The van der Waals surface area contributed by atoms with Crippen molar-refractivity contribution in [2.75, 3.05) is 6.54 Å². The van der Waals surface area contributed by atoms with Crippen LogP contribution in [0.1, 0.15) is 50.9 Å². The third kappa shape index (κ3) is 4.29. The predicted molar refractivity (Wildman–Crippen MR) is 78.3 cm³/mol. The van der Waals surface area contributed by atoms with Gasteiger partial charge in [0, 0.05) is 13.1 Å². The molecule has 1 aromatic heterocycles. The Morgan fingerprint density at radius 3 is 2.61 bits per heavy atom. The molecule has 104 valence electrons. The van der Waals surface area contributed by atoms with Crippen molar-refractivity contribution in [1.82, 2.24) is 15.1 Å². The molecule has 1 aromatic rings. The molecule has 1 N–H and O–H groups in total. The quantitative estimate of drug-likeness (QED) is 0.784. The Hall–Kier alpha value is -0.540. The van der Waals surface area contributed by atoms with Gasteiger partial charge in [0.15, 0.2) is 0 Å². The third-order valence-electron chi connectivity index (χ3n) is 3.40. The van der Waals surface area contributed by atoms with E-state index >= 15 is 0 Å². The summed E-state index contributed by atoms with van der Waals surface area (Å²) < 4.78 is 1.91. The Balaban J connectivity index is 2.40. The van der Waals surface area contributed by atoms with Crippen molar-refractivity contribution in [3.8, 4) is 0 Å². The number of hydrogen-bond donors (Lipinski definition) is 1. The normalized spacial score (nSPS) is 12.9. The first-order valence-electron chi connectivity index (χ1n) is 7.01. The van der Waals surface area contributed by atoms with Gasteiger partial charge in [0.1, 0.15) is 0 Å². The molecule has 1 unspecified atom stereocenters. The topological polar surface area (TPSA) is 29.9 Å². The van der Waals surface area contributed by atoms with Crippen LogP contribution in [0, 0.1) is 6.92 Å². The standard InChI is InChI=1S/C14H26ClN3/c1-5-10-16-12(6-2)8-7-9-13-14(15)11(3)17-18(13)4/h12,16H,5-10H2,1-4H3. The summed E-state index contributed by atoms with van der Waals surface area (Å²) in [5, 5.41) is 8.77. The van der Waals surface area contributed by atoms with E-state index in [-0.39, 0.29) is 0 Å². The molecule has 0 amide bonds. The van der Waals surface area contributed by atoms with Crippen LogP contribution in [0.3, 0.4) is 0 Å². The second-order valence-corrected chi connectivity index (χ2v) is 5.30. The molecule has 0 spiro atoms. The molecule has 1 atom stereocenters. The van der Waals surface area contributed by atoms with Crippen molar-refractivity contribution in [3.05, 3.63) is 16.4 Å². The molecule has 3 nitrogen and oxygen atoms in total. The number of nitrogens with zero attached hydrogens (tertiary/aromatic N) is 2. The molecule has 1 heterocycles. The molecule has 18 heavy (non-hydrogen) atoms. The van der Waals surface area contributed by atoms with E-state index in [1.807, 2.05) is 18.7 Å². The number of rotatable bonds is 8. The summed E-state index contributed by atoms with van der Waals surface area (Å²) in [5.41, 5.74) is 2.10. The largest absolute Gasteiger partial charge is 0.314 e. The Labute approximate surface area is 116 Å². The SMILES string of the molecule is CCCNC(CC)CCCc1c(Cl)c(C)nn1C. The van der Waals surface area contributed by atoms with Gasteiger partial charge in [-0.1, -0.05) is 25.4 Å².